The molecular formula is C17H16O3. The molecule has 0 amide bonds. The van der Waals surface area contributed by atoms with Crippen LogP contribution in [0.1, 0.15) is 11.1 Å². The molecule has 2 aromatic carbocycles. The largest absolute Gasteiger partial charge is 0.468 e. The molecule has 1 aliphatic carbocycles. The molecule has 0 aromatic heterocycles. The lowest BCUT2D eigenvalue weighted by molar-refractivity contribution is -0.147. The normalized spacial score (nSPS) is 14.5. The van der Waals surface area contributed by atoms with Crippen LogP contribution in [0.25, 0.3) is 11.1 Å². The third-order valence-corrected chi connectivity index (χ3v) is 3.96. The second-order valence-corrected chi connectivity index (χ2v) is 4.92. The van der Waals surface area contributed by atoms with Crippen LogP contribution in [0.2, 0.25) is 0 Å². The highest BCUT2D eigenvalue weighted by Crippen LogP contribution is 2.49. The fourth-order valence-corrected chi connectivity index (χ4v) is 3.15. The van der Waals surface area contributed by atoms with Gasteiger partial charge < -0.3 is 9.47 Å². The maximum atomic E-state index is 12.5. The molecule has 0 N–H and O–H groups in total. The first-order valence-corrected chi connectivity index (χ1v) is 6.52. The van der Waals surface area contributed by atoms with Gasteiger partial charge in [0.2, 0.25) is 0 Å². The summed E-state index contributed by atoms with van der Waals surface area (Å²) in [5.74, 6) is -0.281. The van der Waals surface area contributed by atoms with Gasteiger partial charge in [0.25, 0.3) is 0 Å². The van der Waals surface area contributed by atoms with Crippen molar-refractivity contribution < 1.29 is 14.3 Å². The van der Waals surface area contributed by atoms with Gasteiger partial charge in [0, 0.05) is 7.11 Å². The molecule has 0 aliphatic heterocycles. The first-order chi connectivity index (χ1) is 9.75. The molecule has 3 heteroatoms. The van der Waals surface area contributed by atoms with Crippen LogP contribution in [-0.2, 0) is 19.7 Å². The summed E-state index contributed by atoms with van der Waals surface area (Å²) in [6.45, 7) is 0.272. The van der Waals surface area contributed by atoms with Crippen molar-refractivity contribution in [3.63, 3.8) is 0 Å². The second kappa shape index (κ2) is 4.76. The molecule has 0 atom stereocenters. The number of benzene rings is 2. The van der Waals surface area contributed by atoms with Crippen LogP contribution in [0.3, 0.4) is 0 Å². The highest BCUT2D eigenvalue weighted by atomic mass is 16.5. The van der Waals surface area contributed by atoms with Gasteiger partial charge in [-0.05, 0) is 22.3 Å². The molecule has 0 unspecified atom stereocenters. The molecule has 0 saturated heterocycles. The molecule has 0 radical (unpaired) electrons. The van der Waals surface area contributed by atoms with E-state index in [1.54, 1.807) is 7.11 Å². The number of rotatable bonds is 3. The minimum Gasteiger partial charge on any atom is -0.468 e. The molecule has 0 bridgehead atoms. The Bertz CT molecular complexity index is 615. The fraction of sp³-hybridized carbons (Fsp3) is 0.235. The van der Waals surface area contributed by atoms with Crippen LogP contribution in [0, 0.1) is 0 Å². The number of ether oxygens (including phenoxy) is 2. The summed E-state index contributed by atoms with van der Waals surface area (Å²) in [6.07, 6.45) is 0. The predicted molar refractivity (Wildman–Crippen MR) is 76.6 cm³/mol. The second-order valence-electron chi connectivity index (χ2n) is 4.92. The first kappa shape index (κ1) is 12.9. The van der Waals surface area contributed by atoms with Crippen molar-refractivity contribution >= 4 is 5.97 Å². The van der Waals surface area contributed by atoms with Crippen molar-refractivity contribution in [2.24, 2.45) is 0 Å². The summed E-state index contributed by atoms with van der Waals surface area (Å²) in [5.41, 5.74) is 3.19. The maximum absolute atomic E-state index is 12.5. The van der Waals surface area contributed by atoms with Crippen molar-refractivity contribution in [2.75, 3.05) is 20.8 Å². The lowest BCUT2D eigenvalue weighted by Crippen LogP contribution is -2.40. The van der Waals surface area contributed by atoms with Gasteiger partial charge in [-0.15, -0.1) is 0 Å². The monoisotopic (exact) mass is 268 g/mol. The topological polar surface area (TPSA) is 35.5 Å². The molecular weight excluding hydrogens is 252 g/mol. The van der Waals surface area contributed by atoms with Gasteiger partial charge in [-0.25, -0.2) is 0 Å². The quantitative estimate of drug-likeness (QED) is 0.803. The van der Waals surface area contributed by atoms with Gasteiger partial charge in [0.1, 0.15) is 5.41 Å². The summed E-state index contributed by atoms with van der Waals surface area (Å²) < 4.78 is 10.4. The standard InChI is InChI=1S/C17H16O3/c1-19-11-17(16(18)20-2)14-9-5-3-7-12(14)13-8-4-6-10-15(13)17/h3-10H,11H2,1-2H3. The molecule has 2 aromatic rings. The van der Waals surface area contributed by atoms with E-state index < -0.39 is 5.41 Å². The van der Waals surface area contributed by atoms with E-state index in [4.69, 9.17) is 9.47 Å². The number of fused-ring (bicyclic) bond motifs is 3. The molecule has 3 nitrogen and oxygen atoms in total. The van der Waals surface area contributed by atoms with Gasteiger partial charge in [0.15, 0.2) is 0 Å². The molecule has 20 heavy (non-hydrogen) atoms. The van der Waals surface area contributed by atoms with Gasteiger partial charge >= 0.3 is 5.97 Å². The summed E-state index contributed by atoms with van der Waals surface area (Å²) in [6, 6.07) is 15.9. The van der Waals surface area contributed by atoms with E-state index in [0.717, 1.165) is 22.3 Å². The highest BCUT2D eigenvalue weighted by molar-refractivity contribution is 5.98. The Kier molecular flexibility index (Phi) is 3.07. The van der Waals surface area contributed by atoms with Crippen LogP contribution in [0.5, 0.6) is 0 Å². The van der Waals surface area contributed by atoms with Crippen LogP contribution in [-0.4, -0.2) is 26.8 Å². The van der Waals surface area contributed by atoms with E-state index in [-0.39, 0.29) is 12.6 Å². The molecule has 1 aliphatic rings. The van der Waals surface area contributed by atoms with Gasteiger partial charge in [-0.3, -0.25) is 4.79 Å². The Labute approximate surface area is 118 Å². The molecule has 102 valence electrons. The van der Waals surface area contributed by atoms with Crippen molar-refractivity contribution in [2.45, 2.75) is 5.41 Å². The molecule has 0 saturated carbocycles. The summed E-state index contributed by atoms with van der Waals surface area (Å²) in [4.78, 5) is 12.5. The summed E-state index contributed by atoms with van der Waals surface area (Å²) in [5, 5.41) is 0. The van der Waals surface area contributed by atoms with Crippen LogP contribution in [0.4, 0.5) is 0 Å². The van der Waals surface area contributed by atoms with Crippen LogP contribution in [0.15, 0.2) is 48.5 Å². The SMILES string of the molecule is COCC1(C(=O)OC)c2ccccc2-c2ccccc21. The van der Waals surface area contributed by atoms with Crippen molar-refractivity contribution in [1.82, 2.24) is 0 Å². The Hall–Kier alpha value is -2.13. The zero-order valence-electron chi connectivity index (χ0n) is 11.6. The van der Waals surface area contributed by atoms with Crippen molar-refractivity contribution in [3.8, 4) is 11.1 Å². The molecule has 3 rings (SSSR count). The van der Waals surface area contributed by atoms with Crippen LogP contribution >= 0.6 is 0 Å². The highest BCUT2D eigenvalue weighted by Gasteiger charge is 2.50. The summed E-state index contributed by atoms with van der Waals surface area (Å²) in [7, 11) is 3.03. The van der Waals surface area contributed by atoms with E-state index in [1.165, 1.54) is 7.11 Å². The number of methoxy groups -OCH3 is 2. The Morgan fingerprint density at radius 2 is 1.45 bits per heavy atom. The number of hydrogen-bond donors (Lipinski definition) is 0. The van der Waals surface area contributed by atoms with E-state index in [2.05, 4.69) is 0 Å². The van der Waals surface area contributed by atoms with E-state index in [9.17, 15) is 4.79 Å². The number of carbonyl (C=O) groups excluding carboxylic acids is 1. The Balaban J connectivity index is 2.36. The zero-order valence-corrected chi connectivity index (χ0v) is 11.6. The number of esters is 1. The fourth-order valence-electron chi connectivity index (χ4n) is 3.15. The maximum Gasteiger partial charge on any atom is 0.323 e. The Morgan fingerprint density at radius 1 is 0.950 bits per heavy atom. The lowest BCUT2D eigenvalue weighted by Gasteiger charge is -2.28. The van der Waals surface area contributed by atoms with Gasteiger partial charge in [-0.1, -0.05) is 48.5 Å². The zero-order chi connectivity index (χ0) is 14.2. The minimum absolute atomic E-state index is 0.272. The van der Waals surface area contributed by atoms with E-state index in [1.807, 2.05) is 48.5 Å². The Morgan fingerprint density at radius 3 is 1.90 bits per heavy atom. The van der Waals surface area contributed by atoms with Crippen molar-refractivity contribution in [3.05, 3.63) is 59.7 Å². The minimum atomic E-state index is -0.864. The predicted octanol–water partition coefficient (Wildman–Crippen LogP) is 2.77. The lowest BCUT2D eigenvalue weighted by atomic mass is 9.79. The van der Waals surface area contributed by atoms with Gasteiger partial charge in [-0.2, -0.15) is 0 Å². The van der Waals surface area contributed by atoms with Gasteiger partial charge in [0.05, 0.1) is 13.7 Å². The number of carbonyl (C=O) groups is 1. The number of hydrogen-bond acceptors (Lipinski definition) is 3. The third kappa shape index (κ3) is 1.53. The molecule has 0 fully saturated rings. The molecule has 0 heterocycles. The first-order valence-electron chi connectivity index (χ1n) is 6.52. The van der Waals surface area contributed by atoms with E-state index >= 15 is 0 Å². The average Bonchev–Trinajstić information content (AvgIpc) is 2.79. The average molecular weight is 268 g/mol. The van der Waals surface area contributed by atoms with Crippen molar-refractivity contribution in [1.29, 1.82) is 0 Å². The molecule has 0 spiro atoms. The smallest absolute Gasteiger partial charge is 0.323 e. The summed E-state index contributed by atoms with van der Waals surface area (Å²) >= 11 is 0. The van der Waals surface area contributed by atoms with E-state index in [0.29, 0.717) is 0 Å². The third-order valence-electron chi connectivity index (χ3n) is 3.96. The van der Waals surface area contributed by atoms with Crippen LogP contribution < -0.4 is 0 Å².